The highest BCUT2D eigenvalue weighted by atomic mass is 127. The maximum atomic E-state index is 12.8. The summed E-state index contributed by atoms with van der Waals surface area (Å²) in [5, 5.41) is 5.55. The van der Waals surface area contributed by atoms with E-state index in [1.165, 1.54) is 31.4 Å². The number of nitrogens with zero attached hydrogens (tertiary/aromatic N) is 3. The summed E-state index contributed by atoms with van der Waals surface area (Å²) in [6, 6.07) is 5.64. The van der Waals surface area contributed by atoms with Crippen LogP contribution in [0.5, 0.6) is 5.75 Å². The summed E-state index contributed by atoms with van der Waals surface area (Å²) in [6.45, 7) is -2.79. The molecule has 0 amide bonds. The monoisotopic (exact) mass is 505 g/mol. The summed E-state index contributed by atoms with van der Waals surface area (Å²) < 4.78 is 67.4. The Bertz CT molecular complexity index is 750. The molecule has 0 aliphatic heterocycles. The molecule has 2 rings (SSSR count). The second kappa shape index (κ2) is 10.3. The van der Waals surface area contributed by atoms with Crippen LogP contribution in [0.3, 0.4) is 0 Å². The molecule has 0 spiro atoms. The Kier molecular flexibility index (Phi) is 8.72. The Morgan fingerprint density at radius 1 is 1.22 bits per heavy atom. The fourth-order valence-electron chi connectivity index (χ4n) is 2.10. The molecule has 0 radical (unpaired) electrons. The molecule has 0 saturated heterocycles. The van der Waals surface area contributed by atoms with E-state index in [1.807, 2.05) is 0 Å². The number of nitrogens with one attached hydrogen (secondary N) is 2. The van der Waals surface area contributed by atoms with Crippen LogP contribution in [0.25, 0.3) is 0 Å². The number of rotatable bonds is 6. The van der Waals surface area contributed by atoms with Crippen LogP contribution in [-0.2, 0) is 13.1 Å². The van der Waals surface area contributed by atoms with E-state index in [0.29, 0.717) is 4.57 Å². The van der Waals surface area contributed by atoms with Crippen molar-refractivity contribution in [3.05, 3.63) is 48.0 Å². The van der Waals surface area contributed by atoms with E-state index in [0.717, 1.165) is 6.20 Å². The number of imidazole rings is 1. The van der Waals surface area contributed by atoms with E-state index in [2.05, 4.69) is 25.3 Å². The number of ether oxygens (including phenoxy) is 1. The molecule has 0 atom stereocenters. The first-order valence-corrected chi connectivity index (χ1v) is 7.38. The molecule has 1 heterocycles. The molecule has 2 aromatic rings. The molecular weight excluding hydrogens is 488 g/mol. The summed E-state index contributed by atoms with van der Waals surface area (Å²) in [5.74, 6) is -0.0458. The number of hydrogen-bond donors (Lipinski definition) is 2. The minimum atomic E-state index is -4.80. The van der Waals surface area contributed by atoms with Gasteiger partial charge in [0.15, 0.2) is 5.96 Å². The number of aliphatic imine (C=N–C) groups is 1. The van der Waals surface area contributed by atoms with Gasteiger partial charge in [0, 0.05) is 31.5 Å². The molecule has 0 bridgehead atoms. The molecule has 150 valence electrons. The third kappa shape index (κ3) is 7.19. The van der Waals surface area contributed by atoms with Gasteiger partial charge in [-0.25, -0.2) is 4.98 Å². The first-order chi connectivity index (χ1) is 12.3. The van der Waals surface area contributed by atoms with Gasteiger partial charge in [0.2, 0.25) is 0 Å². The first kappa shape index (κ1) is 22.9. The van der Waals surface area contributed by atoms with Gasteiger partial charge in [-0.05, 0) is 6.07 Å². The Balaban J connectivity index is 0.00000364. The molecule has 0 fully saturated rings. The lowest BCUT2D eigenvalue weighted by Gasteiger charge is -2.15. The molecule has 0 aliphatic rings. The fraction of sp³-hybridized carbons (Fsp3) is 0.333. The van der Waals surface area contributed by atoms with Crippen molar-refractivity contribution >= 4 is 29.9 Å². The lowest BCUT2D eigenvalue weighted by atomic mass is 10.2. The van der Waals surface area contributed by atoms with Gasteiger partial charge in [-0.1, -0.05) is 18.2 Å². The van der Waals surface area contributed by atoms with Crippen molar-refractivity contribution in [1.82, 2.24) is 20.2 Å². The summed E-state index contributed by atoms with van der Waals surface area (Å²) >= 11 is 0. The van der Waals surface area contributed by atoms with Crippen molar-refractivity contribution in [2.75, 3.05) is 7.05 Å². The van der Waals surface area contributed by atoms with Gasteiger partial charge in [-0.15, -0.1) is 37.1 Å². The van der Waals surface area contributed by atoms with Crippen molar-refractivity contribution in [3.63, 3.8) is 0 Å². The standard InChI is InChI=1S/C15H16F5N5O.HI/c1-21-14(24-9-12-22-6-7-25(12)13(16)17)23-8-10-4-2-3-5-11(10)26-15(18,19)20;/h2-7,13H,8-9H2,1H3,(H2,21,23,24);1H. The molecule has 27 heavy (non-hydrogen) atoms. The SMILES string of the molecule is CN=C(NCc1ccccc1OC(F)(F)F)NCc1nccn1C(F)F.I. The van der Waals surface area contributed by atoms with Crippen LogP contribution in [0.1, 0.15) is 17.9 Å². The third-order valence-electron chi connectivity index (χ3n) is 3.24. The van der Waals surface area contributed by atoms with Gasteiger partial charge in [0.1, 0.15) is 11.6 Å². The predicted octanol–water partition coefficient (Wildman–Crippen LogP) is 3.66. The molecule has 6 nitrogen and oxygen atoms in total. The Morgan fingerprint density at radius 2 is 1.89 bits per heavy atom. The molecule has 12 heteroatoms. The highest BCUT2D eigenvalue weighted by molar-refractivity contribution is 14.0. The van der Waals surface area contributed by atoms with E-state index >= 15 is 0 Å². The van der Waals surface area contributed by atoms with Crippen LogP contribution in [-0.4, -0.2) is 28.9 Å². The van der Waals surface area contributed by atoms with E-state index < -0.39 is 12.9 Å². The number of hydrogen-bond acceptors (Lipinski definition) is 3. The molecule has 1 aromatic heterocycles. The average Bonchev–Trinajstić information content (AvgIpc) is 3.04. The van der Waals surface area contributed by atoms with Crippen LogP contribution in [0.15, 0.2) is 41.7 Å². The van der Waals surface area contributed by atoms with Crippen LogP contribution >= 0.6 is 24.0 Å². The minimum Gasteiger partial charge on any atom is -0.405 e. The van der Waals surface area contributed by atoms with Crippen molar-refractivity contribution in [1.29, 1.82) is 0 Å². The summed E-state index contributed by atoms with van der Waals surface area (Å²) in [6.07, 6.45) is -2.42. The molecule has 1 aromatic carbocycles. The topological polar surface area (TPSA) is 63.5 Å². The summed E-state index contributed by atoms with van der Waals surface area (Å²) in [7, 11) is 1.44. The Labute approximate surface area is 168 Å². The highest BCUT2D eigenvalue weighted by Gasteiger charge is 2.31. The van der Waals surface area contributed by atoms with Crippen molar-refractivity contribution in [2.45, 2.75) is 26.0 Å². The summed E-state index contributed by atoms with van der Waals surface area (Å²) in [4.78, 5) is 7.70. The Hall–Kier alpha value is -2.12. The maximum Gasteiger partial charge on any atom is 0.573 e. The van der Waals surface area contributed by atoms with Crippen molar-refractivity contribution in [3.8, 4) is 5.75 Å². The summed E-state index contributed by atoms with van der Waals surface area (Å²) in [5.41, 5.74) is 0.252. The maximum absolute atomic E-state index is 12.8. The highest BCUT2D eigenvalue weighted by Crippen LogP contribution is 2.26. The van der Waals surface area contributed by atoms with E-state index in [4.69, 9.17) is 0 Å². The molecule has 0 saturated carbocycles. The van der Waals surface area contributed by atoms with Crippen LogP contribution in [0, 0.1) is 0 Å². The number of para-hydroxylation sites is 1. The van der Waals surface area contributed by atoms with Gasteiger partial charge < -0.3 is 15.4 Å². The smallest absolute Gasteiger partial charge is 0.405 e. The van der Waals surface area contributed by atoms with Crippen LogP contribution < -0.4 is 15.4 Å². The predicted molar refractivity (Wildman–Crippen MR) is 99.1 cm³/mol. The number of halogens is 6. The van der Waals surface area contributed by atoms with E-state index in [1.54, 1.807) is 6.07 Å². The zero-order valence-electron chi connectivity index (χ0n) is 14.0. The zero-order valence-corrected chi connectivity index (χ0v) is 16.3. The minimum absolute atomic E-state index is 0. The third-order valence-corrected chi connectivity index (χ3v) is 3.24. The number of alkyl halides is 5. The van der Waals surface area contributed by atoms with Gasteiger partial charge >= 0.3 is 12.9 Å². The molecule has 0 unspecified atom stereocenters. The van der Waals surface area contributed by atoms with Gasteiger partial charge in [0.25, 0.3) is 0 Å². The van der Waals surface area contributed by atoms with Crippen molar-refractivity contribution in [2.24, 2.45) is 4.99 Å². The number of aromatic nitrogens is 2. The second-order valence-corrected chi connectivity index (χ2v) is 4.96. The Morgan fingerprint density at radius 3 is 2.52 bits per heavy atom. The molecular formula is C15H17F5IN5O. The quantitative estimate of drug-likeness (QED) is 0.273. The number of benzene rings is 1. The van der Waals surface area contributed by atoms with Gasteiger partial charge in [-0.3, -0.25) is 9.56 Å². The lowest BCUT2D eigenvalue weighted by Crippen LogP contribution is -2.37. The van der Waals surface area contributed by atoms with E-state index in [9.17, 15) is 22.0 Å². The zero-order chi connectivity index (χ0) is 19.2. The lowest BCUT2D eigenvalue weighted by molar-refractivity contribution is -0.274. The first-order valence-electron chi connectivity index (χ1n) is 7.38. The number of guanidine groups is 1. The van der Waals surface area contributed by atoms with Crippen LogP contribution in [0.4, 0.5) is 22.0 Å². The average molecular weight is 505 g/mol. The van der Waals surface area contributed by atoms with Crippen LogP contribution in [0.2, 0.25) is 0 Å². The second-order valence-electron chi connectivity index (χ2n) is 4.96. The van der Waals surface area contributed by atoms with Gasteiger partial charge in [-0.2, -0.15) is 8.78 Å². The van der Waals surface area contributed by atoms with Gasteiger partial charge in [0.05, 0.1) is 6.54 Å². The molecule has 0 aliphatic carbocycles. The van der Waals surface area contributed by atoms with Crippen molar-refractivity contribution < 1.29 is 26.7 Å². The fourth-order valence-corrected chi connectivity index (χ4v) is 2.10. The largest absolute Gasteiger partial charge is 0.573 e. The normalized spacial score (nSPS) is 11.9. The van der Waals surface area contributed by atoms with E-state index in [-0.39, 0.29) is 60.2 Å². The molecule has 2 N–H and O–H groups in total.